The van der Waals surface area contributed by atoms with Gasteiger partial charge in [-0.15, -0.1) is 0 Å². The number of benzene rings is 3. The van der Waals surface area contributed by atoms with Crippen molar-refractivity contribution in [2.45, 2.75) is 0 Å². The number of anilines is 3. The van der Waals surface area contributed by atoms with E-state index in [1.54, 1.807) is 54.7 Å². The lowest BCUT2D eigenvalue weighted by Crippen LogP contribution is -2.36. The van der Waals surface area contributed by atoms with E-state index >= 15 is 0 Å². The number of hydrogen-bond acceptors (Lipinski definition) is 6. The maximum atomic E-state index is 13.3. The highest BCUT2D eigenvalue weighted by atomic mass is 19.1. The van der Waals surface area contributed by atoms with Gasteiger partial charge >= 0.3 is 6.03 Å². The summed E-state index contributed by atoms with van der Waals surface area (Å²) in [6.07, 6.45) is 1.74. The Labute approximate surface area is 200 Å². The van der Waals surface area contributed by atoms with E-state index in [1.165, 1.54) is 18.2 Å². The third-order valence-corrected chi connectivity index (χ3v) is 5.61. The van der Waals surface area contributed by atoms with Crippen LogP contribution >= 0.6 is 0 Å². The largest absolute Gasteiger partial charge is 0.378 e. The Morgan fingerprint density at radius 3 is 2.37 bits per heavy atom. The molecule has 176 valence electrons. The molecule has 1 aromatic heterocycles. The van der Waals surface area contributed by atoms with Crippen LogP contribution in [-0.2, 0) is 4.74 Å². The molecule has 8 nitrogen and oxygen atoms in total. The lowest BCUT2D eigenvalue weighted by atomic mass is 10.0. The Kier molecular flexibility index (Phi) is 6.32. The molecule has 1 aliphatic rings. The molecule has 4 aromatic rings. The highest BCUT2D eigenvalue weighted by Crippen LogP contribution is 2.20. The Morgan fingerprint density at radius 1 is 0.857 bits per heavy atom. The van der Waals surface area contributed by atoms with Crippen LogP contribution in [0.15, 0.2) is 72.9 Å². The lowest BCUT2D eigenvalue weighted by Gasteiger charge is -2.27. The van der Waals surface area contributed by atoms with Crippen LogP contribution in [0.25, 0.3) is 11.0 Å². The molecule has 0 bridgehead atoms. The second-order valence-electron chi connectivity index (χ2n) is 8.03. The topological polar surface area (TPSA) is 96.5 Å². The number of rotatable bonds is 5. The number of urea groups is 1. The summed E-state index contributed by atoms with van der Waals surface area (Å²) >= 11 is 0. The van der Waals surface area contributed by atoms with Crippen LogP contribution in [0.2, 0.25) is 0 Å². The molecule has 5 rings (SSSR count). The minimum Gasteiger partial charge on any atom is -0.378 e. The smallest absolute Gasteiger partial charge is 0.323 e. The van der Waals surface area contributed by atoms with Crippen molar-refractivity contribution in [3.05, 3.63) is 89.9 Å². The van der Waals surface area contributed by atoms with Crippen molar-refractivity contribution in [3.63, 3.8) is 0 Å². The number of nitrogens with one attached hydrogen (secondary N) is 2. The maximum absolute atomic E-state index is 13.3. The van der Waals surface area contributed by atoms with Crippen LogP contribution in [0.4, 0.5) is 26.4 Å². The minimum atomic E-state index is -0.515. The molecule has 1 saturated heterocycles. The van der Waals surface area contributed by atoms with Gasteiger partial charge in [0.05, 0.1) is 30.4 Å². The van der Waals surface area contributed by atoms with Crippen LogP contribution in [0, 0.1) is 5.82 Å². The molecular weight excluding hydrogens is 449 g/mol. The van der Waals surface area contributed by atoms with Crippen LogP contribution in [0.3, 0.4) is 0 Å². The van der Waals surface area contributed by atoms with Crippen LogP contribution in [-0.4, -0.2) is 48.1 Å². The van der Waals surface area contributed by atoms with E-state index < -0.39 is 11.8 Å². The van der Waals surface area contributed by atoms with E-state index in [-0.39, 0.29) is 5.78 Å². The molecule has 0 radical (unpaired) electrons. The first-order chi connectivity index (χ1) is 17.0. The van der Waals surface area contributed by atoms with Gasteiger partial charge in [-0.1, -0.05) is 6.07 Å². The first-order valence-electron chi connectivity index (χ1n) is 11.1. The van der Waals surface area contributed by atoms with Gasteiger partial charge in [0.2, 0.25) is 0 Å². The quantitative estimate of drug-likeness (QED) is 0.417. The summed E-state index contributed by atoms with van der Waals surface area (Å²) in [5, 5.41) is 5.22. The molecule has 1 fully saturated rings. The maximum Gasteiger partial charge on any atom is 0.323 e. The van der Waals surface area contributed by atoms with Crippen molar-refractivity contribution in [1.82, 2.24) is 9.97 Å². The highest BCUT2D eigenvalue weighted by molar-refractivity contribution is 6.10. The molecular formula is C26H22FN5O3. The van der Waals surface area contributed by atoms with Gasteiger partial charge in [0.1, 0.15) is 11.6 Å². The number of morpholine rings is 1. The summed E-state index contributed by atoms with van der Waals surface area (Å²) in [5.41, 5.74) is 3.16. The summed E-state index contributed by atoms with van der Waals surface area (Å²) in [6.45, 7) is 2.80. The Bertz CT molecular complexity index is 1390. The second kappa shape index (κ2) is 9.86. The average Bonchev–Trinajstić information content (AvgIpc) is 2.88. The molecule has 2 N–H and O–H groups in total. The standard InChI is InChI=1S/C26H22FN5O3/c27-19-2-1-3-21(15-19)30-26(34)29-20-7-4-17(5-8-20)25(33)18-6-9-22-23(14-18)31-24(16-28-22)32-10-12-35-13-11-32/h1-9,14-16H,10-13H2,(H2,29,30,34). The zero-order chi connectivity index (χ0) is 24.2. The molecule has 3 aromatic carbocycles. The first kappa shape index (κ1) is 22.4. The van der Waals surface area contributed by atoms with E-state index in [0.717, 1.165) is 18.9 Å². The van der Waals surface area contributed by atoms with Crippen LogP contribution in [0.1, 0.15) is 15.9 Å². The van der Waals surface area contributed by atoms with Gasteiger partial charge in [-0.3, -0.25) is 9.78 Å². The first-order valence-corrected chi connectivity index (χ1v) is 11.1. The van der Waals surface area contributed by atoms with Gasteiger partial charge in [0.15, 0.2) is 5.78 Å². The minimum absolute atomic E-state index is 0.166. The summed E-state index contributed by atoms with van der Waals surface area (Å²) in [4.78, 5) is 36.5. The zero-order valence-electron chi connectivity index (χ0n) is 18.7. The van der Waals surface area contributed by atoms with E-state index in [2.05, 4.69) is 20.5 Å². The lowest BCUT2D eigenvalue weighted by molar-refractivity contribution is 0.103. The van der Waals surface area contributed by atoms with Gasteiger partial charge in [-0.25, -0.2) is 14.2 Å². The van der Waals surface area contributed by atoms with Gasteiger partial charge in [0, 0.05) is 35.6 Å². The predicted molar refractivity (Wildman–Crippen MR) is 131 cm³/mol. The predicted octanol–water partition coefficient (Wildman–Crippen LogP) is 4.48. The number of nitrogens with zero attached hydrogens (tertiary/aromatic N) is 3. The molecule has 9 heteroatoms. The third kappa shape index (κ3) is 5.25. The van der Waals surface area contributed by atoms with Crippen LogP contribution in [0.5, 0.6) is 0 Å². The van der Waals surface area contributed by atoms with Crippen LogP contribution < -0.4 is 15.5 Å². The average molecular weight is 471 g/mol. The van der Waals surface area contributed by atoms with Crippen molar-refractivity contribution >= 4 is 40.0 Å². The Morgan fingerprint density at radius 2 is 1.60 bits per heavy atom. The van der Waals surface area contributed by atoms with Gasteiger partial charge in [-0.2, -0.15) is 0 Å². The molecule has 0 unspecified atom stereocenters. The normalized spacial score (nSPS) is 13.5. The van der Waals surface area contributed by atoms with Crippen molar-refractivity contribution in [2.75, 3.05) is 41.8 Å². The van der Waals surface area contributed by atoms with Crippen molar-refractivity contribution in [3.8, 4) is 0 Å². The molecule has 2 heterocycles. The van der Waals surface area contributed by atoms with E-state index in [4.69, 9.17) is 9.72 Å². The number of hydrogen-bond donors (Lipinski definition) is 2. The number of ketones is 1. The van der Waals surface area contributed by atoms with Gasteiger partial charge in [-0.05, 0) is 60.7 Å². The van der Waals surface area contributed by atoms with Gasteiger partial charge in [0.25, 0.3) is 0 Å². The number of aromatic nitrogens is 2. The number of ether oxygens (including phenoxy) is 1. The third-order valence-electron chi connectivity index (χ3n) is 5.61. The molecule has 1 aliphatic heterocycles. The summed E-state index contributed by atoms with van der Waals surface area (Å²) in [5.74, 6) is 0.154. The molecule has 0 saturated carbocycles. The fourth-order valence-corrected chi connectivity index (χ4v) is 3.82. The Balaban J connectivity index is 1.28. The summed E-state index contributed by atoms with van der Waals surface area (Å²) in [7, 11) is 0. The van der Waals surface area contributed by atoms with E-state index in [1.807, 2.05) is 0 Å². The number of fused-ring (bicyclic) bond motifs is 1. The van der Waals surface area contributed by atoms with Crippen molar-refractivity contribution < 1.29 is 18.7 Å². The molecule has 2 amide bonds. The monoisotopic (exact) mass is 471 g/mol. The summed E-state index contributed by atoms with van der Waals surface area (Å²) in [6, 6.07) is 16.9. The fraction of sp³-hybridized carbons (Fsp3) is 0.154. The Hall–Kier alpha value is -4.37. The number of carbonyl (C=O) groups is 2. The zero-order valence-corrected chi connectivity index (χ0v) is 18.7. The molecule has 35 heavy (non-hydrogen) atoms. The van der Waals surface area contributed by atoms with Crippen molar-refractivity contribution in [2.24, 2.45) is 0 Å². The van der Waals surface area contributed by atoms with E-state index in [9.17, 15) is 14.0 Å². The SMILES string of the molecule is O=C(Nc1ccc(C(=O)c2ccc3ncc(N4CCOCC4)nc3c2)cc1)Nc1cccc(F)c1. The number of carbonyl (C=O) groups excluding carboxylic acids is 2. The molecule has 0 spiro atoms. The summed E-state index contributed by atoms with van der Waals surface area (Å²) < 4.78 is 18.7. The second-order valence-corrected chi connectivity index (χ2v) is 8.03. The number of halogens is 1. The van der Waals surface area contributed by atoms with Gasteiger partial charge < -0.3 is 20.3 Å². The fourth-order valence-electron chi connectivity index (χ4n) is 3.82. The number of amides is 2. The van der Waals surface area contributed by atoms with Crippen molar-refractivity contribution in [1.29, 1.82) is 0 Å². The van der Waals surface area contributed by atoms with E-state index in [0.29, 0.717) is 46.7 Å². The highest BCUT2D eigenvalue weighted by Gasteiger charge is 2.15. The molecule has 0 aliphatic carbocycles. The molecule has 0 atom stereocenters.